The molecule has 34 heavy (non-hydrogen) atoms. The van der Waals surface area contributed by atoms with Gasteiger partial charge < -0.3 is 9.47 Å². The minimum absolute atomic E-state index is 0.348. The van der Waals surface area contributed by atoms with E-state index in [0.717, 1.165) is 25.7 Å². The number of rotatable bonds is 17. The van der Waals surface area contributed by atoms with Crippen LogP contribution in [0.4, 0.5) is 0 Å². The second-order valence-electron chi connectivity index (χ2n) is 9.17. The molecule has 0 saturated heterocycles. The fourth-order valence-electron chi connectivity index (χ4n) is 3.94. The molecule has 0 amide bonds. The molecule has 0 aliphatic heterocycles. The first kappa shape index (κ1) is 27.6. The molecule has 4 nitrogen and oxygen atoms in total. The smallest absolute Gasteiger partial charge is 0.233 e. The predicted molar refractivity (Wildman–Crippen MR) is 139 cm³/mol. The van der Waals surface area contributed by atoms with Crippen LogP contribution in [-0.4, -0.2) is 24.8 Å². The lowest BCUT2D eigenvalue weighted by molar-refractivity contribution is 0.0816. The Balaban J connectivity index is 2.01. The minimum atomic E-state index is -0.532. The molecule has 0 saturated carbocycles. The third-order valence-electron chi connectivity index (χ3n) is 6.46. The monoisotopic (exact) mass is 466 g/mol. The molecule has 0 aromatic heterocycles. The van der Waals surface area contributed by atoms with Crippen LogP contribution < -0.4 is 9.47 Å². The van der Waals surface area contributed by atoms with Crippen LogP contribution in [0.3, 0.4) is 0 Å². The van der Waals surface area contributed by atoms with Crippen molar-refractivity contribution in [3.8, 4) is 11.5 Å². The average Bonchev–Trinajstić information content (AvgIpc) is 2.88. The van der Waals surface area contributed by atoms with Crippen molar-refractivity contribution < 1.29 is 19.1 Å². The Morgan fingerprint density at radius 1 is 0.676 bits per heavy atom. The van der Waals surface area contributed by atoms with Crippen LogP contribution in [0.2, 0.25) is 0 Å². The fraction of sp³-hybridized carbons (Fsp3) is 0.533. The van der Waals surface area contributed by atoms with Crippen molar-refractivity contribution in [2.45, 2.75) is 79.1 Å². The SMILES string of the molecule is CCCCC(CC)COc1cccc(C(=O)C(=O)c2cccc(OCC(CC)CCCC)c2)c1. The van der Waals surface area contributed by atoms with E-state index in [-0.39, 0.29) is 0 Å². The van der Waals surface area contributed by atoms with Gasteiger partial charge in [-0.25, -0.2) is 0 Å². The maximum atomic E-state index is 12.9. The third-order valence-corrected chi connectivity index (χ3v) is 6.46. The first-order chi connectivity index (χ1) is 16.5. The molecule has 0 spiro atoms. The van der Waals surface area contributed by atoms with Gasteiger partial charge in [0.1, 0.15) is 11.5 Å². The van der Waals surface area contributed by atoms with Crippen LogP contribution in [0.5, 0.6) is 11.5 Å². The predicted octanol–water partition coefficient (Wildman–Crippen LogP) is 7.94. The highest BCUT2D eigenvalue weighted by atomic mass is 16.5. The van der Waals surface area contributed by atoms with E-state index in [4.69, 9.17) is 9.47 Å². The Kier molecular flexibility index (Phi) is 12.4. The summed E-state index contributed by atoms with van der Waals surface area (Å²) >= 11 is 0. The molecule has 2 aromatic rings. The van der Waals surface area contributed by atoms with Crippen molar-refractivity contribution in [2.75, 3.05) is 13.2 Å². The van der Waals surface area contributed by atoms with Gasteiger partial charge in [-0.15, -0.1) is 0 Å². The van der Waals surface area contributed by atoms with E-state index in [9.17, 15) is 9.59 Å². The van der Waals surface area contributed by atoms with Gasteiger partial charge in [0.25, 0.3) is 0 Å². The van der Waals surface area contributed by atoms with Gasteiger partial charge in [-0.3, -0.25) is 9.59 Å². The second-order valence-corrected chi connectivity index (χ2v) is 9.17. The number of Topliss-reactive ketones (excluding diaryl/α,β-unsaturated/α-hetero) is 2. The summed E-state index contributed by atoms with van der Waals surface area (Å²) < 4.78 is 11.9. The number of ether oxygens (including phenoxy) is 2. The summed E-state index contributed by atoms with van der Waals surface area (Å²) in [7, 11) is 0. The van der Waals surface area contributed by atoms with Gasteiger partial charge in [-0.1, -0.05) is 90.5 Å². The standard InChI is InChI=1S/C30H42O4/c1-5-9-13-23(7-3)21-33-27-17-11-15-25(19-27)29(31)30(32)26-16-12-18-28(20-26)34-22-24(8-4)14-10-6-2/h11-12,15-20,23-24H,5-10,13-14,21-22H2,1-4H3. The van der Waals surface area contributed by atoms with Crippen molar-refractivity contribution >= 4 is 11.6 Å². The van der Waals surface area contributed by atoms with Crippen LogP contribution in [-0.2, 0) is 0 Å². The number of hydrogen-bond acceptors (Lipinski definition) is 4. The Bertz CT molecular complexity index is 815. The lowest BCUT2D eigenvalue weighted by Crippen LogP contribution is -2.16. The van der Waals surface area contributed by atoms with Crippen molar-refractivity contribution in [2.24, 2.45) is 11.8 Å². The van der Waals surface area contributed by atoms with E-state index < -0.39 is 11.6 Å². The quantitative estimate of drug-likeness (QED) is 0.175. The van der Waals surface area contributed by atoms with Crippen molar-refractivity contribution in [3.63, 3.8) is 0 Å². The van der Waals surface area contributed by atoms with Gasteiger partial charge in [-0.05, 0) is 48.9 Å². The Morgan fingerprint density at radius 2 is 1.09 bits per heavy atom. The topological polar surface area (TPSA) is 52.6 Å². The molecule has 0 fully saturated rings. The Hall–Kier alpha value is -2.62. The van der Waals surface area contributed by atoms with Gasteiger partial charge in [0, 0.05) is 11.1 Å². The largest absolute Gasteiger partial charge is 0.493 e. The third kappa shape index (κ3) is 8.96. The summed E-state index contributed by atoms with van der Waals surface area (Å²) in [5.41, 5.74) is 0.696. The van der Waals surface area contributed by atoms with Crippen molar-refractivity contribution in [3.05, 3.63) is 59.7 Å². The maximum Gasteiger partial charge on any atom is 0.233 e. The van der Waals surface area contributed by atoms with Crippen molar-refractivity contribution in [1.29, 1.82) is 0 Å². The maximum absolute atomic E-state index is 12.9. The van der Waals surface area contributed by atoms with E-state index in [1.807, 2.05) is 12.1 Å². The molecule has 0 aliphatic carbocycles. The normalized spacial score (nSPS) is 12.7. The van der Waals surface area contributed by atoms with Crippen LogP contribution in [0.25, 0.3) is 0 Å². The highest BCUT2D eigenvalue weighted by Gasteiger charge is 2.20. The summed E-state index contributed by atoms with van der Waals surface area (Å²) in [6, 6.07) is 13.9. The summed E-state index contributed by atoms with van der Waals surface area (Å²) in [5.74, 6) is 1.19. The molecule has 2 aromatic carbocycles. The summed E-state index contributed by atoms with van der Waals surface area (Å²) in [6.45, 7) is 9.98. The molecule has 2 rings (SSSR count). The Morgan fingerprint density at radius 3 is 1.44 bits per heavy atom. The molecule has 0 N–H and O–H groups in total. The van der Waals surface area contributed by atoms with Gasteiger partial charge in [-0.2, -0.15) is 0 Å². The van der Waals surface area contributed by atoms with Gasteiger partial charge in [0.05, 0.1) is 13.2 Å². The number of hydrogen-bond donors (Lipinski definition) is 0. The molecule has 186 valence electrons. The summed E-state index contributed by atoms with van der Waals surface area (Å²) in [6.07, 6.45) is 9.13. The summed E-state index contributed by atoms with van der Waals surface area (Å²) in [5, 5.41) is 0. The molecule has 2 atom stereocenters. The lowest BCUT2D eigenvalue weighted by atomic mass is 10.00. The second kappa shape index (κ2) is 15.3. The van der Waals surface area contributed by atoms with Crippen LogP contribution in [0.15, 0.2) is 48.5 Å². The molecule has 0 radical (unpaired) electrons. The first-order valence-electron chi connectivity index (χ1n) is 13.1. The van der Waals surface area contributed by atoms with Gasteiger partial charge in [0.2, 0.25) is 11.6 Å². The molecule has 0 aliphatic rings. The number of unbranched alkanes of at least 4 members (excludes halogenated alkanes) is 2. The molecule has 2 unspecified atom stereocenters. The fourth-order valence-corrected chi connectivity index (χ4v) is 3.94. The van der Waals surface area contributed by atoms with E-state index in [2.05, 4.69) is 27.7 Å². The van der Waals surface area contributed by atoms with Crippen LogP contribution >= 0.6 is 0 Å². The van der Waals surface area contributed by atoms with Crippen LogP contribution in [0.1, 0.15) is 99.8 Å². The number of carbonyl (C=O) groups excluding carboxylic acids is 2. The van der Waals surface area contributed by atoms with Crippen LogP contribution in [0, 0.1) is 11.8 Å². The van der Waals surface area contributed by atoms with E-state index in [0.29, 0.717) is 47.7 Å². The van der Waals surface area contributed by atoms with Gasteiger partial charge >= 0.3 is 0 Å². The number of benzene rings is 2. The highest BCUT2D eigenvalue weighted by Crippen LogP contribution is 2.21. The number of carbonyl (C=O) groups is 2. The first-order valence-corrected chi connectivity index (χ1v) is 13.1. The zero-order valence-corrected chi connectivity index (χ0v) is 21.5. The molecule has 4 heteroatoms. The van der Waals surface area contributed by atoms with E-state index in [1.165, 1.54) is 25.7 Å². The number of ketones is 2. The van der Waals surface area contributed by atoms with E-state index >= 15 is 0 Å². The van der Waals surface area contributed by atoms with Crippen molar-refractivity contribution in [1.82, 2.24) is 0 Å². The molecule has 0 bridgehead atoms. The Labute approximate surface area is 206 Å². The van der Waals surface area contributed by atoms with Gasteiger partial charge in [0.15, 0.2) is 0 Å². The van der Waals surface area contributed by atoms with E-state index in [1.54, 1.807) is 36.4 Å². The summed E-state index contributed by atoms with van der Waals surface area (Å²) in [4.78, 5) is 25.9. The molecular formula is C30H42O4. The molecule has 0 heterocycles. The highest BCUT2D eigenvalue weighted by molar-refractivity contribution is 6.49. The minimum Gasteiger partial charge on any atom is -0.493 e. The lowest BCUT2D eigenvalue weighted by Gasteiger charge is -2.16. The molecular weight excluding hydrogens is 424 g/mol. The zero-order chi connectivity index (χ0) is 24.8. The zero-order valence-electron chi connectivity index (χ0n) is 21.5. The average molecular weight is 467 g/mol.